The van der Waals surface area contributed by atoms with Gasteiger partial charge in [-0.25, -0.2) is 4.79 Å². The Labute approximate surface area is 118 Å². The van der Waals surface area contributed by atoms with Crippen LogP contribution in [0.4, 0.5) is 10.5 Å². The van der Waals surface area contributed by atoms with E-state index in [9.17, 15) is 4.79 Å². The summed E-state index contributed by atoms with van der Waals surface area (Å²) in [4.78, 5) is 15.2. The van der Waals surface area contributed by atoms with Crippen molar-refractivity contribution in [3.05, 3.63) is 24.3 Å². The summed E-state index contributed by atoms with van der Waals surface area (Å²) in [5.41, 5.74) is 0.828. The number of rotatable bonds is 2. The van der Waals surface area contributed by atoms with E-state index in [1.807, 2.05) is 44.4 Å². The van der Waals surface area contributed by atoms with Gasteiger partial charge in [-0.05, 0) is 44.4 Å². The Morgan fingerprint density at radius 3 is 2.37 bits per heavy atom. The van der Waals surface area contributed by atoms with Crippen molar-refractivity contribution in [2.24, 2.45) is 0 Å². The summed E-state index contributed by atoms with van der Waals surface area (Å²) in [5.74, 6) is 0. The molecule has 0 unspecified atom stereocenters. The van der Waals surface area contributed by atoms with Crippen molar-refractivity contribution >= 4 is 23.5 Å². The van der Waals surface area contributed by atoms with Crippen molar-refractivity contribution in [3.8, 4) is 0 Å². The predicted molar refractivity (Wildman–Crippen MR) is 78.8 cm³/mol. The lowest BCUT2D eigenvalue weighted by Crippen LogP contribution is -2.49. The van der Waals surface area contributed by atoms with Gasteiger partial charge in [0.15, 0.2) is 0 Å². The van der Waals surface area contributed by atoms with Gasteiger partial charge in [-0.2, -0.15) is 0 Å². The third kappa shape index (κ3) is 3.88. The second-order valence-corrected chi connectivity index (χ2v) is 5.70. The van der Waals surface area contributed by atoms with Gasteiger partial charge in [-0.3, -0.25) is 0 Å². The third-order valence-electron chi connectivity index (χ3n) is 3.05. The molecule has 104 valence electrons. The monoisotopic (exact) mass is 280 g/mol. The molecule has 2 amide bonds. The molecule has 1 fully saturated rings. The molecule has 1 aliphatic heterocycles. The van der Waals surface area contributed by atoms with E-state index >= 15 is 0 Å². The Balaban J connectivity index is 1.96. The Hall–Kier alpha value is -1.20. The van der Waals surface area contributed by atoms with E-state index in [2.05, 4.69) is 5.32 Å². The third-order valence-corrected chi connectivity index (χ3v) is 3.79. The molecule has 0 saturated carbocycles. The molecule has 1 saturated heterocycles. The molecule has 1 N–H and O–H groups in total. The van der Waals surface area contributed by atoms with Gasteiger partial charge < -0.3 is 15.0 Å². The minimum atomic E-state index is -0.0566. The summed E-state index contributed by atoms with van der Waals surface area (Å²) in [7, 11) is 0. The molecule has 0 spiro atoms. The smallest absolute Gasteiger partial charge is 0.322 e. The van der Waals surface area contributed by atoms with Gasteiger partial charge in [0.2, 0.25) is 0 Å². The van der Waals surface area contributed by atoms with Gasteiger partial charge in [0.05, 0.1) is 12.2 Å². The lowest BCUT2D eigenvalue weighted by Gasteiger charge is -2.35. The molecule has 0 bridgehead atoms. The van der Waals surface area contributed by atoms with Crippen LogP contribution in [0, 0.1) is 0 Å². The highest BCUT2D eigenvalue weighted by molar-refractivity contribution is 7.98. The Bertz CT molecular complexity index is 426. The summed E-state index contributed by atoms with van der Waals surface area (Å²) < 4.78 is 5.62. The molecular formula is C14H20N2O2S. The quantitative estimate of drug-likeness (QED) is 0.847. The maximum atomic E-state index is 12.2. The highest BCUT2D eigenvalue weighted by atomic mass is 32.2. The summed E-state index contributed by atoms with van der Waals surface area (Å²) in [6, 6.07) is 7.81. The van der Waals surface area contributed by atoms with Crippen LogP contribution in [0.25, 0.3) is 0 Å². The largest absolute Gasteiger partial charge is 0.372 e. The van der Waals surface area contributed by atoms with Crippen LogP contribution in [0.2, 0.25) is 0 Å². The number of carbonyl (C=O) groups is 1. The van der Waals surface area contributed by atoms with Crippen LogP contribution >= 0.6 is 11.8 Å². The average Bonchev–Trinajstić information content (AvgIpc) is 2.38. The molecule has 5 heteroatoms. The number of hydrogen-bond acceptors (Lipinski definition) is 3. The van der Waals surface area contributed by atoms with Gasteiger partial charge >= 0.3 is 6.03 Å². The fourth-order valence-electron chi connectivity index (χ4n) is 2.22. The number of carbonyl (C=O) groups excluding carboxylic acids is 1. The molecule has 1 heterocycles. The van der Waals surface area contributed by atoms with Crippen molar-refractivity contribution in [2.75, 3.05) is 24.7 Å². The maximum absolute atomic E-state index is 12.2. The number of nitrogens with one attached hydrogen (secondary N) is 1. The van der Waals surface area contributed by atoms with Gasteiger partial charge in [0.1, 0.15) is 0 Å². The summed E-state index contributed by atoms with van der Waals surface area (Å²) in [6.07, 6.45) is 2.21. The molecule has 0 radical (unpaired) electrons. The maximum Gasteiger partial charge on any atom is 0.322 e. The number of benzene rings is 1. The minimum Gasteiger partial charge on any atom is -0.372 e. The van der Waals surface area contributed by atoms with Crippen LogP contribution in [0.3, 0.4) is 0 Å². The number of urea groups is 1. The van der Waals surface area contributed by atoms with Gasteiger partial charge in [-0.1, -0.05) is 0 Å². The summed E-state index contributed by atoms with van der Waals surface area (Å²) in [6.45, 7) is 5.25. The van der Waals surface area contributed by atoms with E-state index in [1.54, 1.807) is 16.7 Å². The number of thioether (sulfide) groups is 1. The molecule has 1 aromatic carbocycles. The van der Waals surface area contributed by atoms with Crippen molar-refractivity contribution < 1.29 is 9.53 Å². The van der Waals surface area contributed by atoms with Crippen LogP contribution in [-0.4, -0.2) is 42.5 Å². The van der Waals surface area contributed by atoms with Crippen LogP contribution in [0.15, 0.2) is 29.2 Å². The van der Waals surface area contributed by atoms with Crippen molar-refractivity contribution in [2.45, 2.75) is 31.0 Å². The van der Waals surface area contributed by atoms with Crippen molar-refractivity contribution in [1.29, 1.82) is 0 Å². The lowest BCUT2D eigenvalue weighted by molar-refractivity contribution is -0.0530. The first-order valence-corrected chi connectivity index (χ1v) is 7.66. The molecule has 0 aromatic heterocycles. The van der Waals surface area contributed by atoms with Crippen LogP contribution in [-0.2, 0) is 4.74 Å². The average molecular weight is 280 g/mol. The molecule has 1 aromatic rings. The normalized spacial score (nSPS) is 23.2. The number of nitrogens with zero attached hydrogens (tertiary/aromatic N) is 1. The van der Waals surface area contributed by atoms with Crippen molar-refractivity contribution in [1.82, 2.24) is 4.90 Å². The number of morpholine rings is 1. The van der Waals surface area contributed by atoms with E-state index < -0.39 is 0 Å². The Kier molecular flexibility index (Phi) is 4.71. The molecule has 4 nitrogen and oxygen atoms in total. The van der Waals surface area contributed by atoms with E-state index in [0.717, 1.165) is 5.69 Å². The van der Waals surface area contributed by atoms with Crippen LogP contribution < -0.4 is 5.32 Å². The Morgan fingerprint density at radius 2 is 1.84 bits per heavy atom. The highest BCUT2D eigenvalue weighted by Gasteiger charge is 2.25. The highest BCUT2D eigenvalue weighted by Crippen LogP contribution is 2.18. The van der Waals surface area contributed by atoms with E-state index in [-0.39, 0.29) is 18.2 Å². The predicted octanol–water partition coefficient (Wildman–Crippen LogP) is 3.05. The number of hydrogen-bond donors (Lipinski definition) is 1. The SMILES string of the molecule is CSc1ccc(NC(=O)N2C[C@@H](C)O[C@H](C)C2)cc1. The van der Waals surface area contributed by atoms with Crippen LogP contribution in [0.5, 0.6) is 0 Å². The van der Waals surface area contributed by atoms with Crippen molar-refractivity contribution in [3.63, 3.8) is 0 Å². The van der Waals surface area contributed by atoms with Crippen LogP contribution in [0.1, 0.15) is 13.8 Å². The second-order valence-electron chi connectivity index (χ2n) is 4.82. The molecule has 19 heavy (non-hydrogen) atoms. The molecular weight excluding hydrogens is 260 g/mol. The van der Waals surface area contributed by atoms with E-state index in [1.165, 1.54) is 4.90 Å². The number of amides is 2. The van der Waals surface area contributed by atoms with E-state index in [4.69, 9.17) is 4.74 Å². The number of ether oxygens (including phenoxy) is 1. The summed E-state index contributed by atoms with van der Waals surface area (Å²) >= 11 is 1.69. The first-order valence-electron chi connectivity index (χ1n) is 6.44. The zero-order chi connectivity index (χ0) is 13.8. The topological polar surface area (TPSA) is 41.6 Å². The molecule has 0 aliphatic carbocycles. The summed E-state index contributed by atoms with van der Waals surface area (Å²) in [5, 5.41) is 2.93. The fourth-order valence-corrected chi connectivity index (χ4v) is 2.63. The molecule has 2 rings (SSSR count). The molecule has 2 atom stereocenters. The Morgan fingerprint density at radius 1 is 1.26 bits per heavy atom. The first kappa shape index (κ1) is 14.2. The lowest BCUT2D eigenvalue weighted by atomic mass is 10.2. The van der Waals surface area contributed by atoms with Gasteiger partial charge in [0, 0.05) is 23.7 Å². The zero-order valence-corrected chi connectivity index (χ0v) is 12.4. The first-order chi connectivity index (χ1) is 9.08. The van der Waals surface area contributed by atoms with E-state index in [0.29, 0.717) is 13.1 Å². The zero-order valence-electron chi connectivity index (χ0n) is 11.6. The van der Waals surface area contributed by atoms with Gasteiger partial charge in [-0.15, -0.1) is 11.8 Å². The minimum absolute atomic E-state index is 0.0566. The second kappa shape index (κ2) is 6.30. The standard InChI is InChI=1S/C14H20N2O2S/c1-10-8-16(9-11(2)18-10)14(17)15-12-4-6-13(19-3)7-5-12/h4-7,10-11H,8-9H2,1-3H3,(H,15,17)/t10-,11-/m1/s1. The fraction of sp³-hybridized carbons (Fsp3) is 0.500. The number of anilines is 1. The van der Waals surface area contributed by atoms with Gasteiger partial charge in [0.25, 0.3) is 0 Å². The molecule has 1 aliphatic rings.